The molecule has 2 N–H and O–H groups in total. The van der Waals surface area contributed by atoms with Crippen molar-refractivity contribution in [1.29, 1.82) is 0 Å². The van der Waals surface area contributed by atoms with E-state index in [-0.39, 0.29) is 17.2 Å². The number of nitrogens with zero attached hydrogens (tertiary/aromatic N) is 4. The van der Waals surface area contributed by atoms with Crippen LogP contribution in [0.4, 0.5) is 14.8 Å². The van der Waals surface area contributed by atoms with E-state index in [1.165, 1.54) is 23.5 Å². The number of hydrogen-bond donors (Lipinski definition) is 1. The van der Waals surface area contributed by atoms with Crippen molar-refractivity contribution in [1.82, 2.24) is 15.1 Å². The Kier molecular flexibility index (Phi) is 7.91. The maximum absolute atomic E-state index is 14.3. The van der Waals surface area contributed by atoms with Crippen LogP contribution in [0.25, 0.3) is 5.70 Å². The predicted octanol–water partition coefficient (Wildman–Crippen LogP) is 4.60. The van der Waals surface area contributed by atoms with Crippen molar-refractivity contribution >= 4 is 19.0 Å². The molecule has 0 spiro atoms. The molecule has 0 aliphatic carbocycles. The molecule has 9 heteroatoms. The van der Waals surface area contributed by atoms with Crippen LogP contribution in [0.15, 0.2) is 39.6 Å². The maximum atomic E-state index is 14.3. The van der Waals surface area contributed by atoms with Gasteiger partial charge >= 0.3 is 6.01 Å². The molecule has 3 rings (SSSR count). The highest BCUT2D eigenvalue weighted by molar-refractivity contribution is 7.78. The molecule has 0 radical (unpaired) electrons. The van der Waals surface area contributed by atoms with E-state index in [9.17, 15) is 8.78 Å². The lowest BCUT2D eigenvalue weighted by Gasteiger charge is -2.26. The first kappa shape index (κ1) is 25.3. The number of halogens is 2. The number of hydrogen-bond acceptors (Lipinski definition) is 6. The summed E-state index contributed by atoms with van der Waals surface area (Å²) in [6.45, 7) is 10.8. The molecule has 33 heavy (non-hydrogen) atoms. The Balaban J connectivity index is 1.95. The van der Waals surface area contributed by atoms with Gasteiger partial charge in [0, 0.05) is 45.4 Å². The molecule has 1 saturated heterocycles. The third-order valence-corrected chi connectivity index (χ3v) is 9.55. The van der Waals surface area contributed by atoms with E-state index in [1.807, 2.05) is 21.0 Å². The molecule has 1 atom stereocenters. The van der Waals surface area contributed by atoms with Gasteiger partial charge in [0.2, 0.25) is 5.89 Å². The third-order valence-electron chi connectivity index (χ3n) is 6.15. The van der Waals surface area contributed by atoms with Gasteiger partial charge in [-0.25, -0.2) is 8.78 Å². The first-order valence-corrected chi connectivity index (χ1v) is 14.0. The van der Waals surface area contributed by atoms with Crippen LogP contribution in [0.3, 0.4) is 0 Å². The Morgan fingerprint density at radius 2 is 1.88 bits per heavy atom. The van der Waals surface area contributed by atoms with Gasteiger partial charge in [-0.1, -0.05) is 11.2 Å². The number of anilines is 1. The number of allylic oxidation sites excluding steroid dienone is 2. The molecule has 180 valence electrons. The van der Waals surface area contributed by atoms with Crippen LogP contribution >= 0.6 is 7.26 Å². The minimum Gasteiger partial charge on any atom is -0.408 e. The Labute approximate surface area is 195 Å². The first-order valence-electron chi connectivity index (χ1n) is 11.1. The Morgan fingerprint density at radius 1 is 1.21 bits per heavy atom. The molecule has 1 aliphatic heterocycles. The molecule has 1 unspecified atom stereocenters. The van der Waals surface area contributed by atoms with E-state index in [0.717, 1.165) is 37.8 Å². The minimum atomic E-state index is -1.38. The van der Waals surface area contributed by atoms with Crippen molar-refractivity contribution in [2.24, 2.45) is 11.7 Å². The fourth-order valence-electron chi connectivity index (χ4n) is 4.63. The fraction of sp³-hybridized carbons (Fsp3) is 0.500. The number of benzene rings is 1. The van der Waals surface area contributed by atoms with E-state index < -0.39 is 18.9 Å². The summed E-state index contributed by atoms with van der Waals surface area (Å²) >= 11 is 0. The van der Waals surface area contributed by atoms with Crippen LogP contribution < -0.4 is 10.6 Å². The Bertz CT molecular complexity index is 1030. The summed E-state index contributed by atoms with van der Waals surface area (Å²) in [5.41, 5.74) is 7.12. The number of aryl methyl sites for hydroxylation is 1. The van der Waals surface area contributed by atoms with E-state index in [1.54, 1.807) is 13.0 Å². The Morgan fingerprint density at radius 3 is 2.45 bits per heavy atom. The average Bonchev–Trinajstić information content (AvgIpc) is 3.27. The van der Waals surface area contributed by atoms with Crippen LogP contribution in [0.2, 0.25) is 0 Å². The van der Waals surface area contributed by atoms with E-state index in [0.29, 0.717) is 11.9 Å². The topological polar surface area (TPSA) is 71.4 Å². The number of likely N-dealkylation sites (N-methyl/N-ethyl adjacent to an activating group) is 1. The van der Waals surface area contributed by atoms with Gasteiger partial charge in [0.25, 0.3) is 0 Å². The summed E-state index contributed by atoms with van der Waals surface area (Å²) in [5.74, 6) is -0.494. The summed E-state index contributed by atoms with van der Waals surface area (Å²) in [6, 6.07) is 4.33. The standard InChI is InChI=1S/C24H35F2N5OP/c1-16(14-21(27)22-19(25)8-7-9-20(22)26)23-18(10-13-33(23,5)6)15-31(12-11-30(3)4)24-29-28-17(2)32-24/h7-9,14,18H,10-13,15,27H2,1-6H3/q+1/b21-14-,23-16-. The summed E-state index contributed by atoms with van der Waals surface area (Å²) < 4.78 is 34.3. The lowest BCUT2D eigenvalue weighted by molar-refractivity contribution is 0.398. The smallest absolute Gasteiger partial charge is 0.318 e. The molecular formula is C24H35F2N5OP+. The van der Waals surface area contributed by atoms with Crippen molar-refractivity contribution in [3.8, 4) is 0 Å². The summed E-state index contributed by atoms with van der Waals surface area (Å²) in [7, 11) is 2.69. The van der Waals surface area contributed by atoms with Gasteiger partial charge in [-0.15, -0.1) is 5.10 Å². The van der Waals surface area contributed by atoms with Crippen molar-refractivity contribution in [2.45, 2.75) is 20.3 Å². The molecule has 1 aliphatic rings. The van der Waals surface area contributed by atoms with Gasteiger partial charge in [-0.05, 0) is 51.2 Å². The lowest BCUT2D eigenvalue weighted by Crippen LogP contribution is -2.35. The second-order valence-corrected chi connectivity index (χ2v) is 13.8. The van der Waals surface area contributed by atoms with Gasteiger partial charge in [-0.3, -0.25) is 0 Å². The zero-order valence-corrected chi connectivity index (χ0v) is 21.3. The maximum Gasteiger partial charge on any atom is 0.318 e. The van der Waals surface area contributed by atoms with E-state index in [4.69, 9.17) is 10.2 Å². The molecule has 1 fully saturated rings. The number of aromatic nitrogens is 2. The number of rotatable bonds is 8. The van der Waals surface area contributed by atoms with E-state index >= 15 is 0 Å². The van der Waals surface area contributed by atoms with Gasteiger partial charge in [0.15, 0.2) is 0 Å². The highest BCUT2D eigenvalue weighted by Crippen LogP contribution is 2.69. The third kappa shape index (κ3) is 5.98. The molecule has 1 aromatic heterocycles. The van der Waals surface area contributed by atoms with Crippen molar-refractivity contribution in [3.63, 3.8) is 0 Å². The molecular weight excluding hydrogens is 443 g/mol. The highest BCUT2D eigenvalue weighted by Gasteiger charge is 2.45. The van der Waals surface area contributed by atoms with Gasteiger partial charge in [-0.2, -0.15) is 0 Å². The fourth-order valence-corrected chi connectivity index (χ4v) is 8.04. The van der Waals surface area contributed by atoms with Gasteiger partial charge in [0.1, 0.15) is 11.6 Å². The zero-order chi connectivity index (χ0) is 24.3. The zero-order valence-electron chi connectivity index (χ0n) is 20.4. The lowest BCUT2D eigenvalue weighted by atomic mass is 10.0. The van der Waals surface area contributed by atoms with Crippen LogP contribution in [-0.4, -0.2) is 68.3 Å². The Hall–Kier alpha value is -2.31. The van der Waals surface area contributed by atoms with Crippen LogP contribution in [0, 0.1) is 24.5 Å². The van der Waals surface area contributed by atoms with Crippen molar-refractivity contribution in [3.05, 3.63) is 58.3 Å². The van der Waals surface area contributed by atoms with Crippen molar-refractivity contribution in [2.75, 3.05) is 58.1 Å². The number of nitrogens with two attached hydrogens (primary N) is 1. The summed E-state index contributed by atoms with van der Waals surface area (Å²) in [4.78, 5) is 4.27. The molecule has 2 heterocycles. The molecule has 6 nitrogen and oxygen atoms in total. The average molecular weight is 479 g/mol. The molecule has 2 aromatic rings. The van der Waals surface area contributed by atoms with Gasteiger partial charge < -0.3 is 20.0 Å². The van der Waals surface area contributed by atoms with E-state index in [2.05, 4.69) is 33.3 Å². The first-order chi connectivity index (χ1) is 15.5. The van der Waals surface area contributed by atoms with Crippen LogP contribution in [0.1, 0.15) is 24.8 Å². The second kappa shape index (κ2) is 10.3. The monoisotopic (exact) mass is 478 g/mol. The molecule has 0 amide bonds. The van der Waals surface area contributed by atoms with Crippen LogP contribution in [-0.2, 0) is 0 Å². The highest BCUT2D eigenvalue weighted by atomic mass is 31.2. The molecule has 0 saturated carbocycles. The van der Waals surface area contributed by atoms with Gasteiger partial charge in [0.05, 0.1) is 30.4 Å². The summed E-state index contributed by atoms with van der Waals surface area (Å²) in [5, 5.41) is 9.61. The second-order valence-electron chi connectivity index (χ2n) is 9.51. The largest absolute Gasteiger partial charge is 0.408 e. The molecule has 1 aromatic carbocycles. The predicted molar refractivity (Wildman–Crippen MR) is 133 cm³/mol. The quantitative estimate of drug-likeness (QED) is 0.560. The summed E-state index contributed by atoms with van der Waals surface area (Å²) in [6.07, 6.45) is 3.90. The normalized spacial score (nSPS) is 19.9. The van der Waals surface area contributed by atoms with Crippen molar-refractivity contribution < 1.29 is 13.2 Å². The SMILES string of the molecule is CC(/C=C(\N)c1c(F)cccc1F)=C1\C(CN(CCN(C)C)c2nnc(C)o2)CC[P+]1(C)C. The minimum absolute atomic E-state index is 0.109. The van der Waals surface area contributed by atoms with Crippen LogP contribution in [0.5, 0.6) is 0 Å². The molecule has 0 bridgehead atoms.